The summed E-state index contributed by atoms with van der Waals surface area (Å²) in [6, 6.07) is 16.3. The number of anilines is 1. The van der Waals surface area contributed by atoms with Gasteiger partial charge in [0.25, 0.3) is 5.91 Å². The van der Waals surface area contributed by atoms with Crippen molar-refractivity contribution in [2.45, 2.75) is 44.6 Å². The second kappa shape index (κ2) is 9.87. The molecule has 3 aliphatic heterocycles. The van der Waals surface area contributed by atoms with E-state index < -0.39 is 11.5 Å². The lowest BCUT2D eigenvalue weighted by atomic mass is 9.72. The minimum atomic E-state index is -1.06. The number of benzene rings is 2. The maximum Gasteiger partial charge on any atom is 0.293 e. The van der Waals surface area contributed by atoms with Gasteiger partial charge in [0.15, 0.2) is 0 Å². The molecule has 9 nitrogen and oxygen atoms in total. The molecule has 202 valence electrons. The Labute approximate surface area is 227 Å². The number of nitrogens with one attached hydrogen (secondary N) is 1. The first-order valence-electron chi connectivity index (χ1n) is 13.6. The molecule has 1 fully saturated rings. The second-order valence-electron chi connectivity index (χ2n) is 10.9. The molecule has 3 amide bonds. The Kier molecular flexibility index (Phi) is 6.37. The summed E-state index contributed by atoms with van der Waals surface area (Å²) in [4.78, 5) is 44.6. The predicted molar refractivity (Wildman–Crippen MR) is 143 cm³/mol. The molecular weight excluding hydrogens is 496 g/mol. The van der Waals surface area contributed by atoms with Crippen molar-refractivity contribution in [2.75, 3.05) is 31.1 Å². The van der Waals surface area contributed by atoms with Crippen LogP contribution in [-0.4, -0.2) is 54.0 Å². The van der Waals surface area contributed by atoms with E-state index in [9.17, 15) is 14.4 Å². The SMILES string of the molecule is CC(C)Cc1cc(C(=O)N2CC[C@]34C(=O)N(CC(=O)NCCCOc5cccc(c5)[C@H]23)c2ccccc24)on1. The Balaban J connectivity index is 1.49. The zero-order chi connectivity index (χ0) is 27.1. The van der Waals surface area contributed by atoms with Crippen LogP contribution in [0.25, 0.3) is 0 Å². The Hall–Kier alpha value is -4.14. The lowest BCUT2D eigenvalue weighted by molar-refractivity contribution is -0.127. The van der Waals surface area contributed by atoms with Gasteiger partial charge in [0.05, 0.1) is 18.3 Å². The Morgan fingerprint density at radius 2 is 2.00 bits per heavy atom. The standard InChI is InChI=1S/C30H32N4O5/c1-19(2)15-21-17-25(39-32-21)28(36)33-13-11-30-23-9-3-4-10-24(23)34(29(30)37)18-26(35)31-12-6-14-38-22-8-5-7-20(16-22)27(30)33/h3-5,7-10,16-17,19,27H,6,11-15,18H2,1-2H3,(H,31,35)/t27-,30+/m0/s1. The Morgan fingerprint density at radius 1 is 1.15 bits per heavy atom. The molecule has 0 aliphatic carbocycles. The summed E-state index contributed by atoms with van der Waals surface area (Å²) in [6.07, 6.45) is 1.74. The van der Waals surface area contributed by atoms with Crippen LogP contribution in [0.2, 0.25) is 0 Å². The molecule has 6 rings (SSSR count). The number of likely N-dealkylation sites (tertiary alicyclic amines) is 1. The fourth-order valence-corrected chi connectivity index (χ4v) is 6.26. The van der Waals surface area contributed by atoms with Gasteiger partial charge < -0.3 is 24.4 Å². The van der Waals surface area contributed by atoms with Gasteiger partial charge in [-0.25, -0.2) is 0 Å². The summed E-state index contributed by atoms with van der Waals surface area (Å²) >= 11 is 0. The highest BCUT2D eigenvalue weighted by Crippen LogP contribution is 2.57. The molecule has 39 heavy (non-hydrogen) atoms. The van der Waals surface area contributed by atoms with E-state index in [0.717, 1.165) is 16.8 Å². The molecule has 0 saturated carbocycles. The van der Waals surface area contributed by atoms with Gasteiger partial charge in [0, 0.05) is 24.8 Å². The minimum absolute atomic E-state index is 0.0835. The van der Waals surface area contributed by atoms with Gasteiger partial charge in [-0.05, 0) is 54.5 Å². The number of aromatic nitrogens is 1. The van der Waals surface area contributed by atoms with Crippen molar-refractivity contribution in [3.63, 3.8) is 0 Å². The molecule has 4 heterocycles. The van der Waals surface area contributed by atoms with E-state index in [0.29, 0.717) is 56.3 Å². The Bertz CT molecular complexity index is 1430. The zero-order valence-corrected chi connectivity index (χ0v) is 22.2. The van der Waals surface area contributed by atoms with Crippen LogP contribution in [0, 0.1) is 5.92 Å². The lowest BCUT2D eigenvalue weighted by Crippen LogP contribution is -2.48. The topological polar surface area (TPSA) is 105 Å². The van der Waals surface area contributed by atoms with Crippen molar-refractivity contribution in [3.05, 3.63) is 77.2 Å². The molecule has 3 aliphatic rings. The van der Waals surface area contributed by atoms with Gasteiger partial charge in [0.2, 0.25) is 17.6 Å². The number of ether oxygens (including phenoxy) is 1. The van der Waals surface area contributed by atoms with Crippen LogP contribution in [-0.2, 0) is 21.4 Å². The number of para-hydroxylation sites is 1. The number of nitrogens with zero attached hydrogens (tertiary/aromatic N) is 3. The predicted octanol–water partition coefficient (Wildman–Crippen LogP) is 3.64. The third-order valence-corrected chi connectivity index (χ3v) is 7.86. The largest absolute Gasteiger partial charge is 0.494 e. The van der Waals surface area contributed by atoms with Crippen LogP contribution in [0.4, 0.5) is 5.69 Å². The number of hydrogen-bond donors (Lipinski definition) is 1. The summed E-state index contributed by atoms with van der Waals surface area (Å²) in [6.45, 7) is 5.31. The van der Waals surface area contributed by atoms with Gasteiger partial charge in [-0.1, -0.05) is 49.3 Å². The molecule has 3 aromatic rings. The van der Waals surface area contributed by atoms with E-state index in [1.54, 1.807) is 15.9 Å². The highest BCUT2D eigenvalue weighted by molar-refractivity contribution is 6.12. The second-order valence-corrected chi connectivity index (χ2v) is 10.9. The third kappa shape index (κ3) is 4.26. The van der Waals surface area contributed by atoms with Crippen molar-refractivity contribution in [3.8, 4) is 5.75 Å². The average molecular weight is 529 g/mol. The molecule has 4 bridgehead atoms. The van der Waals surface area contributed by atoms with Crippen molar-refractivity contribution in [1.82, 2.24) is 15.4 Å². The molecule has 0 radical (unpaired) electrons. The van der Waals surface area contributed by atoms with Crippen molar-refractivity contribution < 1.29 is 23.6 Å². The first-order chi connectivity index (χ1) is 18.9. The molecule has 2 aromatic carbocycles. The average Bonchev–Trinajstić information content (AvgIpc) is 3.61. The Morgan fingerprint density at radius 3 is 2.85 bits per heavy atom. The van der Waals surface area contributed by atoms with Crippen LogP contribution in [0.5, 0.6) is 5.75 Å². The summed E-state index contributed by atoms with van der Waals surface area (Å²) in [5.41, 5.74) is 1.99. The van der Waals surface area contributed by atoms with E-state index in [2.05, 4.69) is 24.3 Å². The summed E-state index contributed by atoms with van der Waals surface area (Å²) in [5, 5.41) is 7.03. The zero-order valence-electron chi connectivity index (χ0n) is 22.2. The van der Waals surface area contributed by atoms with Crippen molar-refractivity contribution in [1.29, 1.82) is 0 Å². The van der Waals surface area contributed by atoms with Gasteiger partial charge >= 0.3 is 0 Å². The molecule has 9 heteroatoms. The number of hydrogen-bond acceptors (Lipinski definition) is 6. The van der Waals surface area contributed by atoms with Crippen LogP contribution >= 0.6 is 0 Å². The molecule has 1 spiro atoms. The number of carbonyl (C=O) groups excluding carboxylic acids is 3. The number of carbonyl (C=O) groups is 3. The maximum atomic E-state index is 14.4. The van der Waals surface area contributed by atoms with E-state index in [1.165, 1.54) is 0 Å². The number of amides is 3. The molecule has 2 atom stereocenters. The maximum absolute atomic E-state index is 14.4. The fourth-order valence-electron chi connectivity index (χ4n) is 6.26. The summed E-state index contributed by atoms with van der Waals surface area (Å²) < 4.78 is 11.5. The van der Waals surface area contributed by atoms with Gasteiger partial charge in [-0.15, -0.1) is 0 Å². The normalized spacial score (nSPS) is 22.7. The highest BCUT2D eigenvalue weighted by Gasteiger charge is 2.62. The van der Waals surface area contributed by atoms with Gasteiger partial charge in [0.1, 0.15) is 17.7 Å². The highest BCUT2D eigenvalue weighted by atomic mass is 16.5. The van der Waals surface area contributed by atoms with Crippen molar-refractivity contribution in [2.24, 2.45) is 5.92 Å². The van der Waals surface area contributed by atoms with Crippen LogP contribution < -0.4 is 15.0 Å². The van der Waals surface area contributed by atoms with E-state index in [1.807, 2.05) is 48.5 Å². The van der Waals surface area contributed by atoms with Crippen LogP contribution in [0.15, 0.2) is 59.1 Å². The van der Waals surface area contributed by atoms with E-state index >= 15 is 0 Å². The fraction of sp³-hybridized carbons (Fsp3) is 0.400. The molecule has 0 unspecified atom stereocenters. The molecule has 1 saturated heterocycles. The number of rotatable bonds is 3. The smallest absolute Gasteiger partial charge is 0.293 e. The molecule has 1 aromatic heterocycles. The summed E-state index contributed by atoms with van der Waals surface area (Å²) in [7, 11) is 0. The van der Waals surface area contributed by atoms with E-state index in [4.69, 9.17) is 9.26 Å². The molecular formula is C30H32N4O5. The van der Waals surface area contributed by atoms with E-state index in [-0.39, 0.29) is 30.0 Å². The first kappa shape index (κ1) is 25.2. The van der Waals surface area contributed by atoms with Crippen molar-refractivity contribution >= 4 is 23.4 Å². The number of fused-ring (bicyclic) bond motifs is 6. The van der Waals surface area contributed by atoms with Crippen LogP contribution in [0.1, 0.15) is 60.1 Å². The quantitative estimate of drug-likeness (QED) is 0.557. The lowest BCUT2D eigenvalue weighted by Gasteiger charge is -2.35. The van der Waals surface area contributed by atoms with Gasteiger partial charge in [-0.3, -0.25) is 14.4 Å². The monoisotopic (exact) mass is 528 g/mol. The third-order valence-electron chi connectivity index (χ3n) is 7.86. The molecule has 1 N–H and O–H groups in total. The minimum Gasteiger partial charge on any atom is -0.494 e. The summed E-state index contributed by atoms with van der Waals surface area (Å²) in [5.74, 6) is 0.456. The van der Waals surface area contributed by atoms with Gasteiger partial charge in [-0.2, -0.15) is 0 Å². The van der Waals surface area contributed by atoms with Crippen LogP contribution in [0.3, 0.4) is 0 Å². The first-order valence-corrected chi connectivity index (χ1v) is 13.6.